The van der Waals surface area contributed by atoms with Crippen LogP contribution in [0.1, 0.15) is 27.0 Å². The Morgan fingerprint density at radius 2 is 1.66 bits per heavy atom. The zero-order valence-electron chi connectivity index (χ0n) is 15.3. The molecule has 0 aliphatic carbocycles. The number of hydrogen-bond donors (Lipinski definition) is 1. The van der Waals surface area contributed by atoms with E-state index in [0.717, 1.165) is 5.56 Å². The molecule has 1 aliphatic heterocycles. The summed E-state index contributed by atoms with van der Waals surface area (Å²) in [5.74, 6) is -0.264. The van der Waals surface area contributed by atoms with Crippen molar-refractivity contribution in [2.45, 2.75) is 12.1 Å². The lowest BCUT2D eigenvalue weighted by Crippen LogP contribution is -2.45. The Bertz CT molecular complexity index is 1080. The average Bonchev–Trinajstić information content (AvgIpc) is 2.95. The van der Waals surface area contributed by atoms with Gasteiger partial charge in [-0.15, -0.1) is 0 Å². The molecule has 0 bridgehead atoms. The van der Waals surface area contributed by atoms with Gasteiger partial charge < -0.3 is 10.0 Å². The van der Waals surface area contributed by atoms with Crippen LogP contribution in [0.5, 0.6) is 0 Å². The number of halogens is 1. The zero-order valence-corrected chi connectivity index (χ0v) is 16.0. The highest BCUT2D eigenvalue weighted by Gasteiger charge is 2.49. The van der Waals surface area contributed by atoms with E-state index in [1.165, 1.54) is 17.0 Å². The summed E-state index contributed by atoms with van der Waals surface area (Å²) in [6, 6.07) is 19.9. The molecule has 3 aromatic carbocycles. The van der Waals surface area contributed by atoms with Crippen molar-refractivity contribution in [3.8, 4) is 0 Å². The normalized spacial score (nSPS) is 18.0. The summed E-state index contributed by atoms with van der Waals surface area (Å²) in [5, 5.41) is 23.1. The minimum Gasteiger partial charge on any atom is -0.363 e. The first-order valence-electron chi connectivity index (χ1n) is 9.04. The van der Waals surface area contributed by atoms with Gasteiger partial charge in [0.15, 0.2) is 5.72 Å². The van der Waals surface area contributed by atoms with E-state index in [4.69, 9.17) is 11.6 Å². The second-order valence-electron chi connectivity index (χ2n) is 6.86. The molecule has 0 saturated heterocycles. The molecule has 146 valence electrons. The third-order valence-electron chi connectivity index (χ3n) is 5.19. The largest absolute Gasteiger partial charge is 0.363 e. The zero-order chi connectivity index (χ0) is 20.6. The summed E-state index contributed by atoms with van der Waals surface area (Å²) in [6.45, 7) is 0.241. The summed E-state index contributed by atoms with van der Waals surface area (Å²) < 4.78 is 0. The lowest BCUT2D eigenvalue weighted by atomic mass is 9.93. The minimum atomic E-state index is -1.61. The fraction of sp³-hybridized carbons (Fsp3) is 0.136. The highest BCUT2D eigenvalue weighted by Crippen LogP contribution is 2.42. The van der Waals surface area contributed by atoms with Gasteiger partial charge in [0.25, 0.3) is 11.6 Å². The molecule has 1 amide bonds. The predicted molar refractivity (Wildman–Crippen MR) is 109 cm³/mol. The van der Waals surface area contributed by atoms with Gasteiger partial charge in [0.2, 0.25) is 0 Å². The van der Waals surface area contributed by atoms with Crippen LogP contribution < -0.4 is 0 Å². The number of non-ortho nitro benzene ring substituents is 1. The minimum absolute atomic E-state index is 0.0103. The second kappa shape index (κ2) is 7.31. The summed E-state index contributed by atoms with van der Waals surface area (Å²) in [4.78, 5) is 24.9. The summed E-state index contributed by atoms with van der Waals surface area (Å²) in [5.41, 5.74) is 0.751. The Morgan fingerprint density at radius 1 is 1.00 bits per heavy atom. The average molecular weight is 409 g/mol. The standard InChI is InChI=1S/C22H17ClN2O4/c23-17-9-7-16(8-10-17)22(27)20-4-2-1-3-19(20)21(26)24(22)14-13-15-5-11-18(12-6-15)25(28)29/h1-12,27H,13-14H2. The first-order chi connectivity index (χ1) is 13.9. The summed E-state index contributed by atoms with van der Waals surface area (Å²) in [6.07, 6.45) is 0.438. The molecule has 1 aliphatic rings. The molecular formula is C22H17ClN2O4. The molecule has 0 fully saturated rings. The van der Waals surface area contributed by atoms with Crippen LogP contribution in [0, 0.1) is 10.1 Å². The maximum Gasteiger partial charge on any atom is 0.269 e. The molecule has 4 rings (SSSR count). The van der Waals surface area contributed by atoms with Gasteiger partial charge in [0.1, 0.15) is 0 Å². The fourth-order valence-corrected chi connectivity index (χ4v) is 3.82. The number of benzene rings is 3. The van der Waals surface area contributed by atoms with E-state index < -0.39 is 10.6 Å². The predicted octanol–water partition coefficient (Wildman–Crippen LogP) is 4.14. The molecule has 29 heavy (non-hydrogen) atoms. The molecule has 1 heterocycles. The first kappa shape index (κ1) is 19.1. The van der Waals surface area contributed by atoms with E-state index in [1.807, 2.05) is 0 Å². The van der Waals surface area contributed by atoms with Crippen LogP contribution in [0.4, 0.5) is 5.69 Å². The molecule has 0 aromatic heterocycles. The number of aliphatic hydroxyl groups is 1. The first-order valence-corrected chi connectivity index (χ1v) is 9.42. The smallest absolute Gasteiger partial charge is 0.269 e. The van der Waals surface area contributed by atoms with E-state index in [0.29, 0.717) is 28.1 Å². The molecule has 0 saturated carbocycles. The third kappa shape index (κ3) is 3.26. The van der Waals surface area contributed by atoms with Gasteiger partial charge in [0, 0.05) is 40.4 Å². The Morgan fingerprint density at radius 3 is 2.31 bits per heavy atom. The summed E-state index contributed by atoms with van der Waals surface area (Å²) in [7, 11) is 0. The molecule has 7 heteroatoms. The van der Waals surface area contributed by atoms with Crippen LogP contribution in [0.2, 0.25) is 5.02 Å². The Hall–Kier alpha value is -3.22. The topological polar surface area (TPSA) is 83.7 Å². The Labute approximate surface area is 172 Å². The Kier molecular flexibility index (Phi) is 4.82. The SMILES string of the molecule is O=C1c2ccccc2C(O)(c2ccc(Cl)cc2)N1CCc1ccc([N+](=O)[O-])cc1. The Balaban J connectivity index is 1.68. The van der Waals surface area contributed by atoms with Crippen molar-refractivity contribution >= 4 is 23.2 Å². The van der Waals surface area contributed by atoms with Gasteiger partial charge in [-0.1, -0.05) is 54.1 Å². The monoisotopic (exact) mass is 408 g/mol. The number of hydrogen-bond acceptors (Lipinski definition) is 4. The molecule has 1 unspecified atom stereocenters. The van der Waals surface area contributed by atoms with E-state index in [2.05, 4.69) is 0 Å². The quantitative estimate of drug-likeness (QED) is 0.508. The van der Waals surface area contributed by atoms with Gasteiger partial charge in [-0.2, -0.15) is 0 Å². The lowest BCUT2D eigenvalue weighted by Gasteiger charge is -2.35. The van der Waals surface area contributed by atoms with E-state index >= 15 is 0 Å². The van der Waals surface area contributed by atoms with Crippen LogP contribution in [-0.2, 0) is 12.1 Å². The van der Waals surface area contributed by atoms with Crippen molar-refractivity contribution in [2.75, 3.05) is 6.54 Å². The molecule has 3 aromatic rings. The van der Waals surface area contributed by atoms with E-state index in [1.54, 1.807) is 60.7 Å². The number of amides is 1. The van der Waals surface area contributed by atoms with Crippen LogP contribution in [0.25, 0.3) is 0 Å². The number of rotatable bonds is 5. The number of fused-ring (bicyclic) bond motifs is 1. The van der Waals surface area contributed by atoms with E-state index in [-0.39, 0.29) is 18.1 Å². The van der Waals surface area contributed by atoms with E-state index in [9.17, 15) is 20.0 Å². The maximum absolute atomic E-state index is 13.1. The van der Waals surface area contributed by atoms with Gasteiger partial charge in [-0.05, 0) is 30.2 Å². The van der Waals surface area contributed by atoms with Crippen LogP contribution in [-0.4, -0.2) is 27.4 Å². The van der Waals surface area contributed by atoms with Gasteiger partial charge in [-0.25, -0.2) is 0 Å². The van der Waals surface area contributed by atoms with Crippen molar-refractivity contribution in [1.82, 2.24) is 4.90 Å². The van der Waals surface area contributed by atoms with Crippen LogP contribution >= 0.6 is 11.6 Å². The number of nitro groups is 1. The van der Waals surface area contributed by atoms with Gasteiger partial charge in [-0.3, -0.25) is 14.9 Å². The number of carbonyl (C=O) groups is 1. The highest BCUT2D eigenvalue weighted by molar-refractivity contribution is 6.30. The number of carbonyl (C=O) groups excluding carboxylic acids is 1. The summed E-state index contributed by atoms with van der Waals surface area (Å²) >= 11 is 6.00. The molecule has 1 atom stereocenters. The highest BCUT2D eigenvalue weighted by atomic mass is 35.5. The van der Waals surface area contributed by atoms with Crippen LogP contribution in [0.15, 0.2) is 72.8 Å². The number of nitrogens with zero attached hydrogens (tertiary/aromatic N) is 2. The third-order valence-corrected chi connectivity index (χ3v) is 5.44. The maximum atomic E-state index is 13.1. The van der Waals surface area contributed by atoms with Crippen molar-refractivity contribution in [3.63, 3.8) is 0 Å². The molecule has 6 nitrogen and oxygen atoms in total. The molecule has 0 spiro atoms. The molecule has 1 N–H and O–H groups in total. The number of nitro benzene ring substituents is 1. The van der Waals surface area contributed by atoms with Crippen molar-refractivity contribution in [1.29, 1.82) is 0 Å². The second-order valence-corrected chi connectivity index (χ2v) is 7.29. The van der Waals surface area contributed by atoms with Crippen molar-refractivity contribution in [2.24, 2.45) is 0 Å². The van der Waals surface area contributed by atoms with Crippen LogP contribution in [0.3, 0.4) is 0 Å². The van der Waals surface area contributed by atoms with Gasteiger partial charge >= 0.3 is 0 Å². The van der Waals surface area contributed by atoms with Crippen molar-refractivity contribution < 1.29 is 14.8 Å². The molecular weight excluding hydrogens is 392 g/mol. The lowest BCUT2D eigenvalue weighted by molar-refractivity contribution is -0.384. The fourth-order valence-electron chi connectivity index (χ4n) is 3.69. The van der Waals surface area contributed by atoms with Gasteiger partial charge in [0.05, 0.1) is 4.92 Å². The molecule has 0 radical (unpaired) electrons. The van der Waals surface area contributed by atoms with Crippen molar-refractivity contribution in [3.05, 3.63) is 110 Å².